The molecule has 0 amide bonds. The molecule has 1 aliphatic carbocycles. The maximum atomic E-state index is 13.4. The van der Waals surface area contributed by atoms with E-state index in [0.29, 0.717) is 22.4 Å². The first-order valence-electron chi connectivity index (χ1n) is 8.35. The zero-order valence-electron chi connectivity index (χ0n) is 14.2. The van der Waals surface area contributed by atoms with E-state index in [1.165, 1.54) is 0 Å². The van der Waals surface area contributed by atoms with E-state index in [1.54, 1.807) is 60.7 Å². The standard InChI is InChI=1S/C22H14N2O2S/c23-14-27-17-12-10-16(11-13-17)24-22(15-6-2-1-3-7-15)20(25)18-8-4-5-9-19(18)21(22)26/h1-13,24H. The normalized spacial score (nSPS) is 14.5. The summed E-state index contributed by atoms with van der Waals surface area (Å²) in [5, 5.41) is 14.0. The second-order valence-corrected chi connectivity index (χ2v) is 7.02. The minimum atomic E-state index is -1.49. The number of nitriles is 1. The van der Waals surface area contributed by atoms with Gasteiger partial charge in [0.05, 0.1) is 0 Å². The summed E-state index contributed by atoms with van der Waals surface area (Å²) in [5.41, 5.74) is 0.600. The molecular weight excluding hydrogens is 356 g/mol. The van der Waals surface area contributed by atoms with Gasteiger partial charge in [-0.05, 0) is 41.6 Å². The molecule has 0 aromatic heterocycles. The Morgan fingerprint density at radius 1 is 0.778 bits per heavy atom. The van der Waals surface area contributed by atoms with Crippen LogP contribution in [0, 0.1) is 10.7 Å². The van der Waals surface area contributed by atoms with Crippen LogP contribution in [0.15, 0.2) is 83.8 Å². The van der Waals surface area contributed by atoms with Crippen molar-refractivity contribution in [2.75, 3.05) is 5.32 Å². The molecule has 130 valence electrons. The molecule has 0 radical (unpaired) electrons. The highest BCUT2D eigenvalue weighted by atomic mass is 32.2. The molecule has 0 aliphatic heterocycles. The maximum absolute atomic E-state index is 13.4. The molecule has 3 aromatic carbocycles. The van der Waals surface area contributed by atoms with Crippen LogP contribution in [-0.2, 0) is 5.54 Å². The van der Waals surface area contributed by atoms with E-state index >= 15 is 0 Å². The first kappa shape index (κ1) is 17.1. The van der Waals surface area contributed by atoms with Gasteiger partial charge >= 0.3 is 0 Å². The fraction of sp³-hybridized carbons (Fsp3) is 0.0455. The quantitative estimate of drug-likeness (QED) is 0.411. The molecule has 5 heteroatoms. The number of benzene rings is 3. The Kier molecular flexibility index (Phi) is 4.27. The van der Waals surface area contributed by atoms with Gasteiger partial charge in [-0.2, -0.15) is 5.26 Å². The third-order valence-electron chi connectivity index (χ3n) is 4.65. The van der Waals surface area contributed by atoms with Crippen molar-refractivity contribution in [3.05, 3.63) is 95.6 Å². The Labute approximate surface area is 160 Å². The topological polar surface area (TPSA) is 70.0 Å². The molecule has 1 N–H and O–H groups in total. The fourth-order valence-electron chi connectivity index (χ4n) is 3.40. The number of rotatable bonds is 4. The van der Waals surface area contributed by atoms with E-state index in [-0.39, 0.29) is 11.6 Å². The van der Waals surface area contributed by atoms with Crippen LogP contribution in [0.1, 0.15) is 26.3 Å². The second kappa shape index (κ2) is 6.75. The maximum Gasteiger partial charge on any atom is 0.201 e. The molecule has 0 bridgehead atoms. The molecule has 4 rings (SSSR count). The molecule has 0 fully saturated rings. The Hall–Kier alpha value is -3.36. The van der Waals surface area contributed by atoms with Crippen LogP contribution >= 0.6 is 11.8 Å². The van der Waals surface area contributed by atoms with E-state index in [0.717, 1.165) is 16.7 Å². The van der Waals surface area contributed by atoms with E-state index in [4.69, 9.17) is 5.26 Å². The highest BCUT2D eigenvalue weighted by Crippen LogP contribution is 2.40. The minimum absolute atomic E-state index is 0.259. The number of nitrogens with zero attached hydrogens (tertiary/aromatic N) is 1. The lowest BCUT2D eigenvalue weighted by Gasteiger charge is -2.29. The molecule has 4 nitrogen and oxygen atoms in total. The number of fused-ring (bicyclic) bond motifs is 1. The van der Waals surface area contributed by atoms with Crippen molar-refractivity contribution < 1.29 is 9.59 Å². The van der Waals surface area contributed by atoms with Crippen LogP contribution in [0.4, 0.5) is 5.69 Å². The number of hydrogen-bond acceptors (Lipinski definition) is 5. The number of anilines is 1. The Morgan fingerprint density at radius 2 is 1.33 bits per heavy atom. The average molecular weight is 370 g/mol. The fourth-order valence-corrected chi connectivity index (χ4v) is 3.78. The molecule has 0 atom stereocenters. The van der Waals surface area contributed by atoms with Crippen molar-refractivity contribution in [3.63, 3.8) is 0 Å². The van der Waals surface area contributed by atoms with Crippen molar-refractivity contribution >= 4 is 29.0 Å². The number of thioether (sulfide) groups is 1. The number of Topliss-reactive ketones (excluding diaryl/α,β-unsaturated/α-hetero) is 2. The summed E-state index contributed by atoms with van der Waals surface area (Å²) in [7, 11) is 0. The summed E-state index contributed by atoms with van der Waals surface area (Å²) in [6, 6.07) is 23.1. The van der Waals surface area contributed by atoms with Gasteiger partial charge in [0.25, 0.3) is 0 Å². The first-order chi connectivity index (χ1) is 13.2. The molecule has 1 aliphatic rings. The number of carbonyl (C=O) groups excluding carboxylic acids is 2. The number of nitrogens with one attached hydrogen (secondary N) is 1. The molecule has 0 unspecified atom stereocenters. The van der Waals surface area contributed by atoms with Gasteiger partial charge in [0.2, 0.25) is 11.6 Å². The lowest BCUT2D eigenvalue weighted by molar-refractivity contribution is 0.0819. The van der Waals surface area contributed by atoms with Crippen LogP contribution < -0.4 is 5.32 Å². The van der Waals surface area contributed by atoms with Crippen molar-refractivity contribution in [1.29, 1.82) is 5.26 Å². The number of carbonyl (C=O) groups is 2. The minimum Gasteiger partial charge on any atom is -0.363 e. The number of thiocyanates is 1. The van der Waals surface area contributed by atoms with E-state index in [2.05, 4.69) is 5.32 Å². The SMILES string of the molecule is N#CSc1ccc(NC2(c3ccccc3)C(=O)c3ccccc3C2=O)cc1. The summed E-state index contributed by atoms with van der Waals surface area (Å²) in [5.74, 6) is -0.519. The van der Waals surface area contributed by atoms with Gasteiger partial charge in [-0.15, -0.1) is 0 Å². The Bertz CT molecular complexity index is 1030. The first-order valence-corrected chi connectivity index (χ1v) is 9.17. The van der Waals surface area contributed by atoms with E-state index < -0.39 is 5.54 Å². The van der Waals surface area contributed by atoms with Crippen LogP contribution in [0.2, 0.25) is 0 Å². The van der Waals surface area contributed by atoms with Gasteiger partial charge in [0.15, 0.2) is 5.54 Å². The Balaban J connectivity index is 1.83. The summed E-state index contributed by atoms with van der Waals surface area (Å²) >= 11 is 1.06. The lowest BCUT2D eigenvalue weighted by Crippen LogP contribution is -2.46. The van der Waals surface area contributed by atoms with Crippen molar-refractivity contribution in [3.8, 4) is 5.40 Å². The smallest absolute Gasteiger partial charge is 0.201 e. The van der Waals surface area contributed by atoms with Crippen LogP contribution in [0.3, 0.4) is 0 Å². The average Bonchev–Trinajstić information content (AvgIpc) is 2.93. The summed E-state index contributed by atoms with van der Waals surface area (Å²) < 4.78 is 0. The van der Waals surface area contributed by atoms with Crippen molar-refractivity contribution in [2.24, 2.45) is 0 Å². The van der Waals surface area contributed by atoms with E-state index in [9.17, 15) is 9.59 Å². The predicted molar refractivity (Wildman–Crippen MR) is 105 cm³/mol. The van der Waals surface area contributed by atoms with E-state index in [1.807, 2.05) is 23.6 Å². The molecule has 0 saturated heterocycles. The van der Waals surface area contributed by atoms with Gasteiger partial charge < -0.3 is 5.32 Å². The zero-order chi connectivity index (χ0) is 18.9. The highest BCUT2D eigenvalue weighted by molar-refractivity contribution is 8.03. The van der Waals surface area contributed by atoms with Gasteiger partial charge in [0, 0.05) is 21.7 Å². The highest BCUT2D eigenvalue weighted by Gasteiger charge is 2.54. The molecule has 3 aromatic rings. The largest absolute Gasteiger partial charge is 0.363 e. The van der Waals surface area contributed by atoms with Gasteiger partial charge in [-0.25, -0.2) is 0 Å². The van der Waals surface area contributed by atoms with Gasteiger partial charge in [-0.3, -0.25) is 9.59 Å². The molecule has 0 saturated carbocycles. The Morgan fingerprint density at radius 3 is 1.89 bits per heavy atom. The van der Waals surface area contributed by atoms with Gasteiger partial charge in [-0.1, -0.05) is 54.6 Å². The predicted octanol–water partition coefficient (Wildman–Crippen LogP) is 4.65. The van der Waals surface area contributed by atoms with Crippen LogP contribution in [0.25, 0.3) is 0 Å². The van der Waals surface area contributed by atoms with Crippen LogP contribution in [-0.4, -0.2) is 11.6 Å². The van der Waals surface area contributed by atoms with Crippen LogP contribution in [0.5, 0.6) is 0 Å². The van der Waals surface area contributed by atoms with Gasteiger partial charge in [0.1, 0.15) is 5.40 Å². The zero-order valence-corrected chi connectivity index (χ0v) is 15.0. The molecule has 27 heavy (non-hydrogen) atoms. The summed E-state index contributed by atoms with van der Waals surface area (Å²) in [6.07, 6.45) is 0. The third-order valence-corrected chi connectivity index (χ3v) is 5.25. The second-order valence-electron chi connectivity index (χ2n) is 6.16. The monoisotopic (exact) mass is 370 g/mol. The van der Waals surface area contributed by atoms with Crippen molar-refractivity contribution in [1.82, 2.24) is 0 Å². The number of hydrogen-bond donors (Lipinski definition) is 1. The lowest BCUT2D eigenvalue weighted by atomic mass is 9.84. The number of ketones is 2. The molecule has 0 spiro atoms. The summed E-state index contributed by atoms with van der Waals surface area (Å²) in [4.78, 5) is 27.5. The third kappa shape index (κ3) is 2.71. The molecular formula is C22H14N2O2S. The summed E-state index contributed by atoms with van der Waals surface area (Å²) in [6.45, 7) is 0. The molecule has 0 heterocycles. The van der Waals surface area contributed by atoms with Crippen molar-refractivity contribution in [2.45, 2.75) is 10.4 Å².